The molecule has 6 nitrogen and oxygen atoms in total. The van der Waals surface area contributed by atoms with Gasteiger partial charge in [0, 0.05) is 6.07 Å². The van der Waals surface area contributed by atoms with Crippen LogP contribution in [0.3, 0.4) is 0 Å². The van der Waals surface area contributed by atoms with E-state index in [1.54, 1.807) is 6.07 Å². The Morgan fingerprint density at radius 2 is 2.22 bits per heavy atom. The van der Waals surface area contributed by atoms with Gasteiger partial charge in [0.25, 0.3) is 0 Å². The molecule has 1 aromatic rings. The molecule has 0 bridgehead atoms. The Hall–Kier alpha value is -1.02. The third-order valence-electron chi connectivity index (χ3n) is 2.84. The van der Waals surface area contributed by atoms with E-state index in [0.29, 0.717) is 23.2 Å². The largest absolute Gasteiger partial charge is 0.383 e. The summed E-state index contributed by atoms with van der Waals surface area (Å²) in [6, 6.07) is 1.62. The fourth-order valence-electron chi connectivity index (χ4n) is 2.02. The molecule has 0 radical (unpaired) electrons. The van der Waals surface area contributed by atoms with Gasteiger partial charge in [0.15, 0.2) is 15.0 Å². The maximum atomic E-state index is 11.5. The summed E-state index contributed by atoms with van der Waals surface area (Å²) in [5.74, 6) is 1.29. The van der Waals surface area contributed by atoms with Crippen LogP contribution in [0.15, 0.2) is 11.2 Å². The molecule has 0 aliphatic carbocycles. The van der Waals surface area contributed by atoms with E-state index in [-0.39, 0.29) is 11.5 Å². The molecule has 1 unspecified atom stereocenters. The van der Waals surface area contributed by atoms with Crippen molar-refractivity contribution in [2.45, 2.75) is 24.0 Å². The van der Waals surface area contributed by atoms with Crippen LogP contribution >= 0.6 is 11.8 Å². The van der Waals surface area contributed by atoms with Crippen molar-refractivity contribution in [1.29, 1.82) is 0 Å². The molecule has 1 aliphatic heterocycles. The smallest absolute Gasteiger partial charge is 0.191 e. The zero-order valence-electron chi connectivity index (χ0n) is 10.3. The number of anilines is 2. The van der Waals surface area contributed by atoms with Crippen molar-refractivity contribution in [3.05, 3.63) is 6.07 Å². The first-order valence-electron chi connectivity index (χ1n) is 5.49. The monoisotopic (exact) mass is 288 g/mol. The SMILES string of the molecule is CSc1nc(N)cc(NC2(C)CCS(=O)(=O)C2)n1. The number of nitrogens with zero attached hydrogens (tertiary/aromatic N) is 2. The van der Waals surface area contributed by atoms with Gasteiger partial charge in [0.1, 0.15) is 11.6 Å². The van der Waals surface area contributed by atoms with Gasteiger partial charge < -0.3 is 11.1 Å². The minimum atomic E-state index is -2.94. The van der Waals surface area contributed by atoms with Crippen molar-refractivity contribution in [2.24, 2.45) is 0 Å². The predicted octanol–water partition coefficient (Wildman–Crippen LogP) is 0.770. The topological polar surface area (TPSA) is 98.0 Å². The average Bonchev–Trinajstić information content (AvgIpc) is 2.51. The van der Waals surface area contributed by atoms with Gasteiger partial charge in [-0.2, -0.15) is 0 Å². The van der Waals surface area contributed by atoms with Gasteiger partial charge in [-0.25, -0.2) is 18.4 Å². The number of nitrogens with two attached hydrogens (primary N) is 1. The van der Waals surface area contributed by atoms with E-state index < -0.39 is 15.4 Å². The van der Waals surface area contributed by atoms with E-state index in [4.69, 9.17) is 5.73 Å². The molecule has 1 aromatic heterocycles. The summed E-state index contributed by atoms with van der Waals surface area (Å²) in [4.78, 5) is 8.32. The van der Waals surface area contributed by atoms with Crippen molar-refractivity contribution in [1.82, 2.24) is 9.97 Å². The summed E-state index contributed by atoms with van der Waals surface area (Å²) >= 11 is 1.39. The highest BCUT2D eigenvalue weighted by molar-refractivity contribution is 7.98. The molecular weight excluding hydrogens is 272 g/mol. The van der Waals surface area contributed by atoms with Crippen LogP contribution in [-0.4, -0.2) is 41.7 Å². The Morgan fingerprint density at radius 3 is 2.78 bits per heavy atom. The highest BCUT2D eigenvalue weighted by atomic mass is 32.2. The van der Waals surface area contributed by atoms with Crippen molar-refractivity contribution in [2.75, 3.05) is 28.8 Å². The third-order valence-corrected chi connectivity index (χ3v) is 5.29. The van der Waals surface area contributed by atoms with E-state index in [0.717, 1.165) is 0 Å². The molecule has 1 saturated heterocycles. The molecule has 100 valence electrons. The summed E-state index contributed by atoms with van der Waals surface area (Å²) in [7, 11) is -2.94. The first-order valence-corrected chi connectivity index (χ1v) is 8.54. The standard InChI is InChI=1S/C10H16N4O2S2/c1-10(3-4-18(15,16)6-10)14-8-5-7(11)12-9(13-8)17-2/h5H,3-4,6H2,1-2H3,(H3,11,12,13,14). The molecule has 8 heteroatoms. The Morgan fingerprint density at radius 1 is 1.50 bits per heavy atom. The predicted molar refractivity (Wildman–Crippen MR) is 73.5 cm³/mol. The number of thioether (sulfide) groups is 1. The van der Waals surface area contributed by atoms with Crippen molar-refractivity contribution >= 4 is 33.2 Å². The van der Waals surface area contributed by atoms with Gasteiger partial charge in [-0.05, 0) is 19.6 Å². The Balaban J connectivity index is 2.22. The number of nitrogens with one attached hydrogen (secondary N) is 1. The number of hydrogen-bond donors (Lipinski definition) is 2. The number of hydrogen-bond acceptors (Lipinski definition) is 7. The highest BCUT2D eigenvalue weighted by Crippen LogP contribution is 2.27. The van der Waals surface area contributed by atoms with Gasteiger partial charge in [0.2, 0.25) is 0 Å². The van der Waals surface area contributed by atoms with E-state index in [2.05, 4.69) is 15.3 Å². The molecule has 0 saturated carbocycles. The third kappa shape index (κ3) is 3.05. The van der Waals surface area contributed by atoms with Crippen LogP contribution in [-0.2, 0) is 9.84 Å². The highest BCUT2D eigenvalue weighted by Gasteiger charge is 2.38. The lowest BCUT2D eigenvalue weighted by Crippen LogP contribution is -2.36. The molecule has 2 rings (SSSR count). The number of aromatic nitrogens is 2. The van der Waals surface area contributed by atoms with E-state index in [9.17, 15) is 8.42 Å². The van der Waals surface area contributed by atoms with Crippen LogP contribution in [0.1, 0.15) is 13.3 Å². The molecule has 0 spiro atoms. The zero-order valence-corrected chi connectivity index (χ0v) is 11.9. The van der Waals surface area contributed by atoms with Crippen LogP contribution in [0.2, 0.25) is 0 Å². The van der Waals surface area contributed by atoms with Crippen LogP contribution in [0.5, 0.6) is 0 Å². The van der Waals surface area contributed by atoms with E-state index in [1.807, 2.05) is 13.2 Å². The van der Waals surface area contributed by atoms with Gasteiger partial charge >= 0.3 is 0 Å². The summed E-state index contributed by atoms with van der Waals surface area (Å²) in [6.45, 7) is 1.88. The van der Waals surface area contributed by atoms with Crippen LogP contribution < -0.4 is 11.1 Å². The Labute approximate surface area is 111 Å². The maximum absolute atomic E-state index is 11.5. The lowest BCUT2D eigenvalue weighted by Gasteiger charge is -2.24. The molecular formula is C10H16N4O2S2. The lowest BCUT2D eigenvalue weighted by atomic mass is 10.0. The molecule has 0 amide bonds. The summed E-state index contributed by atoms with van der Waals surface area (Å²) in [5, 5.41) is 3.74. The number of nitrogen functional groups attached to an aromatic ring is 1. The van der Waals surface area contributed by atoms with Crippen LogP contribution in [0, 0.1) is 0 Å². The van der Waals surface area contributed by atoms with Gasteiger partial charge in [-0.15, -0.1) is 0 Å². The average molecular weight is 288 g/mol. The van der Waals surface area contributed by atoms with Crippen LogP contribution in [0.4, 0.5) is 11.6 Å². The first-order chi connectivity index (χ1) is 8.32. The van der Waals surface area contributed by atoms with Gasteiger partial charge in [0.05, 0.1) is 17.0 Å². The Bertz CT molecular complexity index is 561. The van der Waals surface area contributed by atoms with Gasteiger partial charge in [-0.3, -0.25) is 0 Å². The lowest BCUT2D eigenvalue weighted by molar-refractivity contribution is 0.571. The fraction of sp³-hybridized carbons (Fsp3) is 0.600. The van der Waals surface area contributed by atoms with Crippen molar-refractivity contribution in [3.8, 4) is 0 Å². The molecule has 0 aromatic carbocycles. The fourth-order valence-corrected chi connectivity index (χ4v) is 4.50. The Kier molecular flexibility index (Phi) is 3.41. The molecule has 1 atom stereocenters. The van der Waals surface area contributed by atoms with Crippen molar-refractivity contribution < 1.29 is 8.42 Å². The molecule has 1 fully saturated rings. The normalized spacial score (nSPS) is 26.1. The molecule has 1 aliphatic rings. The number of sulfone groups is 1. The second-order valence-electron chi connectivity index (χ2n) is 4.69. The van der Waals surface area contributed by atoms with Crippen molar-refractivity contribution in [3.63, 3.8) is 0 Å². The molecule has 3 N–H and O–H groups in total. The first kappa shape index (κ1) is 13.4. The summed E-state index contributed by atoms with van der Waals surface area (Å²) < 4.78 is 23.0. The second-order valence-corrected chi connectivity index (χ2v) is 7.65. The quantitative estimate of drug-likeness (QED) is 0.626. The minimum absolute atomic E-state index is 0.124. The second kappa shape index (κ2) is 4.58. The summed E-state index contributed by atoms with van der Waals surface area (Å²) in [5.41, 5.74) is 5.21. The van der Waals surface area contributed by atoms with Gasteiger partial charge in [-0.1, -0.05) is 11.8 Å². The minimum Gasteiger partial charge on any atom is -0.383 e. The van der Waals surface area contributed by atoms with Crippen LogP contribution in [0.25, 0.3) is 0 Å². The zero-order chi connectivity index (χ0) is 13.4. The van der Waals surface area contributed by atoms with E-state index in [1.165, 1.54) is 11.8 Å². The maximum Gasteiger partial charge on any atom is 0.191 e. The molecule has 18 heavy (non-hydrogen) atoms. The van der Waals surface area contributed by atoms with E-state index >= 15 is 0 Å². The summed E-state index contributed by atoms with van der Waals surface area (Å²) in [6.07, 6.45) is 2.44. The number of rotatable bonds is 3. The molecule has 2 heterocycles.